The average molecular weight is 279 g/mol. The van der Waals surface area contributed by atoms with Gasteiger partial charge >= 0.3 is 0 Å². The van der Waals surface area contributed by atoms with Crippen LogP contribution < -0.4 is 9.47 Å². The number of nitrogens with zero attached hydrogens (tertiary/aromatic N) is 1. The van der Waals surface area contributed by atoms with Gasteiger partial charge in [0.25, 0.3) is 5.91 Å². The smallest absolute Gasteiger partial charge is 0.260 e. The van der Waals surface area contributed by atoms with Gasteiger partial charge in [-0.3, -0.25) is 4.79 Å². The van der Waals surface area contributed by atoms with Crippen LogP contribution in [0.15, 0.2) is 24.3 Å². The monoisotopic (exact) mass is 279 g/mol. The third-order valence-electron chi connectivity index (χ3n) is 3.81. The number of rotatable bonds is 5. The lowest BCUT2D eigenvalue weighted by atomic mass is 10.0. The molecular weight excluding hydrogens is 258 g/mol. The summed E-state index contributed by atoms with van der Waals surface area (Å²) in [6.07, 6.45) is 0.930. The molecule has 2 unspecified atom stereocenters. The Morgan fingerprint density at radius 3 is 2.60 bits per heavy atom. The predicted octanol–water partition coefficient (Wildman–Crippen LogP) is 1.30. The zero-order chi connectivity index (χ0) is 14.5. The molecule has 5 nitrogen and oxygen atoms in total. The number of methoxy groups -OCH3 is 1. The number of carbonyl (C=O) groups excluding carboxylic acids is 1. The van der Waals surface area contributed by atoms with Crippen molar-refractivity contribution < 1.29 is 19.4 Å². The topological polar surface area (TPSA) is 59.0 Å². The van der Waals surface area contributed by atoms with Gasteiger partial charge in [0, 0.05) is 6.54 Å². The lowest BCUT2D eigenvalue weighted by molar-refractivity contribution is -0.135. The zero-order valence-electron chi connectivity index (χ0n) is 11.9. The van der Waals surface area contributed by atoms with Crippen LogP contribution in [0.4, 0.5) is 0 Å². The van der Waals surface area contributed by atoms with Gasteiger partial charge in [0.05, 0.1) is 19.8 Å². The Bertz CT molecular complexity index is 446. The number of ether oxygens (including phenoxy) is 2. The average Bonchev–Trinajstić information content (AvgIpc) is 2.86. The van der Waals surface area contributed by atoms with Crippen LogP contribution in [0.2, 0.25) is 0 Å². The van der Waals surface area contributed by atoms with Gasteiger partial charge in [0.2, 0.25) is 0 Å². The largest absolute Gasteiger partial charge is 0.497 e. The molecular formula is C15H21NO4. The van der Waals surface area contributed by atoms with E-state index in [0.717, 1.165) is 12.2 Å². The second-order valence-electron chi connectivity index (χ2n) is 5.07. The molecule has 1 aliphatic rings. The second kappa shape index (κ2) is 6.61. The Hall–Kier alpha value is -1.75. The number of hydrogen-bond donors (Lipinski definition) is 1. The van der Waals surface area contributed by atoms with Gasteiger partial charge in [-0.05, 0) is 36.6 Å². The van der Waals surface area contributed by atoms with Crippen LogP contribution in [0, 0.1) is 5.92 Å². The van der Waals surface area contributed by atoms with Crippen molar-refractivity contribution in [1.29, 1.82) is 0 Å². The minimum atomic E-state index is -0.0815. The molecule has 5 heteroatoms. The highest BCUT2D eigenvalue weighted by Gasteiger charge is 2.33. The number of carbonyl (C=O) groups is 1. The number of amides is 1. The maximum absolute atomic E-state index is 12.1. The van der Waals surface area contributed by atoms with Gasteiger partial charge in [-0.15, -0.1) is 0 Å². The molecule has 0 aromatic heterocycles. The van der Waals surface area contributed by atoms with E-state index in [4.69, 9.17) is 9.47 Å². The molecule has 1 heterocycles. The summed E-state index contributed by atoms with van der Waals surface area (Å²) in [7, 11) is 1.60. The first-order valence-corrected chi connectivity index (χ1v) is 6.83. The minimum Gasteiger partial charge on any atom is -0.497 e. The van der Waals surface area contributed by atoms with Crippen molar-refractivity contribution in [2.24, 2.45) is 5.92 Å². The number of benzene rings is 1. The van der Waals surface area contributed by atoms with Gasteiger partial charge in [0.15, 0.2) is 6.61 Å². The minimum absolute atomic E-state index is 0.00442. The Morgan fingerprint density at radius 2 is 2.00 bits per heavy atom. The molecule has 1 aromatic carbocycles. The normalized spacial score (nSPS) is 21.9. The van der Waals surface area contributed by atoms with Gasteiger partial charge in [0.1, 0.15) is 11.5 Å². The van der Waals surface area contributed by atoms with E-state index >= 15 is 0 Å². The molecule has 1 saturated heterocycles. The van der Waals surface area contributed by atoms with Crippen LogP contribution in [0.25, 0.3) is 0 Å². The summed E-state index contributed by atoms with van der Waals surface area (Å²) < 4.78 is 10.5. The summed E-state index contributed by atoms with van der Waals surface area (Å²) >= 11 is 0. The third-order valence-corrected chi connectivity index (χ3v) is 3.81. The molecule has 0 bridgehead atoms. The van der Waals surface area contributed by atoms with Crippen LogP contribution in [0.1, 0.15) is 13.3 Å². The van der Waals surface area contributed by atoms with Crippen LogP contribution in [0.5, 0.6) is 11.5 Å². The molecule has 1 aromatic rings. The van der Waals surface area contributed by atoms with E-state index in [0.29, 0.717) is 18.2 Å². The summed E-state index contributed by atoms with van der Waals surface area (Å²) in [4.78, 5) is 13.8. The molecule has 110 valence electrons. The van der Waals surface area contributed by atoms with Crippen LogP contribution >= 0.6 is 0 Å². The molecule has 0 saturated carbocycles. The summed E-state index contributed by atoms with van der Waals surface area (Å²) in [5.74, 6) is 1.64. The van der Waals surface area contributed by atoms with Crippen LogP contribution in [-0.2, 0) is 4.79 Å². The molecule has 1 N–H and O–H groups in total. The maximum atomic E-state index is 12.1. The summed E-state index contributed by atoms with van der Waals surface area (Å²) in [5.41, 5.74) is 0. The summed E-state index contributed by atoms with van der Waals surface area (Å²) in [6.45, 7) is 2.75. The number of hydrogen-bond acceptors (Lipinski definition) is 4. The Balaban J connectivity index is 1.88. The predicted molar refractivity (Wildman–Crippen MR) is 74.9 cm³/mol. The van der Waals surface area contributed by atoms with E-state index < -0.39 is 0 Å². The van der Waals surface area contributed by atoms with Crippen LogP contribution in [-0.4, -0.2) is 48.8 Å². The van der Waals surface area contributed by atoms with Gasteiger partial charge in [-0.2, -0.15) is 0 Å². The first-order valence-electron chi connectivity index (χ1n) is 6.83. The van der Waals surface area contributed by atoms with Gasteiger partial charge in [-0.1, -0.05) is 6.92 Å². The van der Waals surface area contributed by atoms with Gasteiger partial charge < -0.3 is 19.5 Å². The van der Waals surface area contributed by atoms with E-state index in [1.165, 1.54) is 0 Å². The Labute approximate surface area is 119 Å². The quantitative estimate of drug-likeness (QED) is 0.882. The summed E-state index contributed by atoms with van der Waals surface area (Å²) in [6, 6.07) is 7.02. The zero-order valence-corrected chi connectivity index (χ0v) is 11.9. The SMILES string of the molecule is COc1ccc(OCC(=O)N2CCC(C)C2CO)cc1. The summed E-state index contributed by atoms with van der Waals surface area (Å²) in [5, 5.41) is 9.35. The molecule has 2 rings (SSSR count). The molecule has 0 spiro atoms. The van der Waals surface area contributed by atoms with Crippen molar-refractivity contribution in [2.45, 2.75) is 19.4 Å². The van der Waals surface area contributed by atoms with Crippen molar-refractivity contribution in [3.8, 4) is 11.5 Å². The van der Waals surface area contributed by atoms with Gasteiger partial charge in [-0.25, -0.2) is 0 Å². The molecule has 0 aliphatic carbocycles. The first-order chi connectivity index (χ1) is 9.65. The molecule has 1 amide bonds. The number of aliphatic hydroxyl groups is 1. The van der Waals surface area contributed by atoms with E-state index in [2.05, 4.69) is 6.92 Å². The fourth-order valence-electron chi connectivity index (χ4n) is 2.50. The third kappa shape index (κ3) is 3.22. The molecule has 1 aliphatic heterocycles. The van der Waals surface area contributed by atoms with E-state index in [-0.39, 0.29) is 25.2 Å². The van der Waals surface area contributed by atoms with Crippen molar-refractivity contribution >= 4 is 5.91 Å². The lowest BCUT2D eigenvalue weighted by Crippen LogP contribution is -2.42. The lowest BCUT2D eigenvalue weighted by Gasteiger charge is -2.25. The van der Waals surface area contributed by atoms with Crippen LogP contribution in [0.3, 0.4) is 0 Å². The van der Waals surface area contributed by atoms with Crippen molar-refractivity contribution in [2.75, 3.05) is 26.9 Å². The maximum Gasteiger partial charge on any atom is 0.260 e. The van der Waals surface area contributed by atoms with Crippen molar-refractivity contribution in [1.82, 2.24) is 4.90 Å². The molecule has 1 fully saturated rings. The fraction of sp³-hybridized carbons (Fsp3) is 0.533. The van der Waals surface area contributed by atoms with E-state index in [1.807, 2.05) is 0 Å². The Morgan fingerprint density at radius 1 is 1.35 bits per heavy atom. The second-order valence-corrected chi connectivity index (χ2v) is 5.07. The number of likely N-dealkylation sites (tertiary alicyclic amines) is 1. The fourth-order valence-corrected chi connectivity index (χ4v) is 2.50. The Kier molecular flexibility index (Phi) is 4.84. The van der Waals surface area contributed by atoms with E-state index in [9.17, 15) is 9.90 Å². The molecule has 2 atom stereocenters. The highest BCUT2D eigenvalue weighted by molar-refractivity contribution is 5.78. The standard InChI is InChI=1S/C15H21NO4/c1-11-7-8-16(14(11)9-17)15(18)10-20-13-5-3-12(19-2)4-6-13/h3-6,11,14,17H,7-10H2,1-2H3. The highest BCUT2D eigenvalue weighted by Crippen LogP contribution is 2.24. The van der Waals surface area contributed by atoms with Crippen molar-refractivity contribution in [3.63, 3.8) is 0 Å². The highest BCUT2D eigenvalue weighted by atomic mass is 16.5. The van der Waals surface area contributed by atoms with Crippen molar-refractivity contribution in [3.05, 3.63) is 24.3 Å². The molecule has 0 radical (unpaired) electrons. The molecule has 20 heavy (non-hydrogen) atoms. The van der Waals surface area contributed by atoms with E-state index in [1.54, 1.807) is 36.3 Å². The number of aliphatic hydroxyl groups excluding tert-OH is 1. The first kappa shape index (κ1) is 14.7.